The molecule has 1 amide bonds. The van der Waals surface area contributed by atoms with Gasteiger partial charge in [0.1, 0.15) is 11.7 Å². The van der Waals surface area contributed by atoms with E-state index in [0.29, 0.717) is 13.1 Å². The summed E-state index contributed by atoms with van der Waals surface area (Å²) in [5.41, 5.74) is -0.860. The summed E-state index contributed by atoms with van der Waals surface area (Å²) in [7, 11) is 1.33. The Morgan fingerprint density at radius 3 is 2.50 bits per heavy atom. The first kappa shape index (κ1) is 22.1. The van der Waals surface area contributed by atoms with Crippen LogP contribution in [0.15, 0.2) is 0 Å². The minimum Gasteiger partial charge on any atom is -0.349 e. The molecule has 13 heteroatoms. The number of nitrogens with one attached hydrogen (secondary N) is 2. The summed E-state index contributed by atoms with van der Waals surface area (Å²) < 4.78 is 40.9. The van der Waals surface area contributed by atoms with Crippen LogP contribution in [-0.2, 0) is 7.05 Å². The van der Waals surface area contributed by atoms with Crippen LogP contribution >= 0.6 is 12.4 Å². The highest BCUT2D eigenvalue weighted by Gasteiger charge is 2.44. The van der Waals surface area contributed by atoms with E-state index in [2.05, 4.69) is 15.7 Å². The summed E-state index contributed by atoms with van der Waals surface area (Å²) in [5.74, 6) is -0.959. The Hall–Kier alpha value is -1.92. The van der Waals surface area contributed by atoms with E-state index in [1.807, 2.05) is 0 Å². The number of carbonyl (C=O) groups is 1. The number of alkyl halides is 3. The number of rotatable bonds is 5. The van der Waals surface area contributed by atoms with Crippen LogP contribution in [0, 0.1) is 17.0 Å². The van der Waals surface area contributed by atoms with Crippen LogP contribution in [0.5, 0.6) is 0 Å². The molecule has 1 aromatic heterocycles. The SMILES string of the molecule is Cc1nn(C)c(C(=O)NCC(N2CCNCC2)C(F)(F)F)c1[N+](=O)[O-].Cl. The Labute approximate surface area is 153 Å². The fourth-order valence-electron chi connectivity index (χ4n) is 2.84. The highest BCUT2D eigenvalue weighted by molar-refractivity contribution is 5.96. The molecule has 148 valence electrons. The molecule has 0 spiro atoms. The van der Waals surface area contributed by atoms with Crippen LogP contribution in [0.3, 0.4) is 0 Å². The van der Waals surface area contributed by atoms with Gasteiger partial charge in [0.05, 0.1) is 4.92 Å². The molecular formula is C13H20ClF3N6O3. The molecule has 1 fully saturated rings. The van der Waals surface area contributed by atoms with Gasteiger partial charge in [0.15, 0.2) is 0 Å². The number of nitro groups is 1. The number of aromatic nitrogens is 2. The number of carbonyl (C=O) groups excluding carboxylic acids is 1. The molecule has 0 radical (unpaired) electrons. The number of aryl methyl sites for hydroxylation is 2. The fraction of sp³-hybridized carbons (Fsp3) is 0.692. The smallest absolute Gasteiger partial charge is 0.349 e. The zero-order valence-corrected chi connectivity index (χ0v) is 15.0. The van der Waals surface area contributed by atoms with Gasteiger partial charge in [0, 0.05) is 39.8 Å². The molecule has 0 aromatic carbocycles. The molecule has 0 bridgehead atoms. The lowest BCUT2D eigenvalue weighted by molar-refractivity contribution is -0.385. The Balaban J connectivity index is 0.00000338. The largest absolute Gasteiger partial charge is 0.405 e. The molecule has 1 saturated heterocycles. The number of amides is 1. The zero-order chi connectivity index (χ0) is 18.8. The van der Waals surface area contributed by atoms with Gasteiger partial charge in [-0.15, -0.1) is 12.4 Å². The second-order valence-electron chi connectivity index (χ2n) is 5.72. The average molecular weight is 401 g/mol. The van der Waals surface area contributed by atoms with E-state index in [9.17, 15) is 28.1 Å². The molecule has 0 aliphatic carbocycles. The second kappa shape index (κ2) is 8.64. The maximum atomic E-state index is 13.3. The Morgan fingerprint density at radius 1 is 1.42 bits per heavy atom. The minimum atomic E-state index is -4.53. The number of hydrogen-bond donors (Lipinski definition) is 2. The average Bonchev–Trinajstić information content (AvgIpc) is 2.81. The molecule has 1 aliphatic rings. The van der Waals surface area contributed by atoms with Crippen LogP contribution in [0.2, 0.25) is 0 Å². The van der Waals surface area contributed by atoms with Crippen LogP contribution < -0.4 is 10.6 Å². The molecule has 9 nitrogen and oxygen atoms in total. The third-order valence-corrected chi connectivity index (χ3v) is 4.01. The summed E-state index contributed by atoms with van der Waals surface area (Å²) in [5, 5.41) is 20.0. The van der Waals surface area contributed by atoms with Gasteiger partial charge in [0.2, 0.25) is 5.69 Å². The molecule has 1 unspecified atom stereocenters. The zero-order valence-electron chi connectivity index (χ0n) is 14.2. The van der Waals surface area contributed by atoms with Crippen LogP contribution in [0.4, 0.5) is 18.9 Å². The Bertz CT molecular complexity index is 660. The third kappa shape index (κ3) is 4.83. The normalized spacial score (nSPS) is 16.7. The molecule has 0 saturated carbocycles. The third-order valence-electron chi connectivity index (χ3n) is 4.01. The van der Waals surface area contributed by atoms with Crippen molar-refractivity contribution in [3.05, 3.63) is 21.5 Å². The lowest BCUT2D eigenvalue weighted by atomic mass is 10.2. The van der Waals surface area contributed by atoms with Crippen molar-refractivity contribution in [2.45, 2.75) is 19.1 Å². The van der Waals surface area contributed by atoms with Gasteiger partial charge in [-0.25, -0.2) is 0 Å². The fourth-order valence-corrected chi connectivity index (χ4v) is 2.84. The van der Waals surface area contributed by atoms with Crippen molar-refractivity contribution in [3.63, 3.8) is 0 Å². The molecule has 1 atom stereocenters. The van der Waals surface area contributed by atoms with E-state index in [1.54, 1.807) is 0 Å². The van der Waals surface area contributed by atoms with Crippen molar-refractivity contribution in [2.75, 3.05) is 32.7 Å². The molecule has 2 N–H and O–H groups in total. The lowest BCUT2D eigenvalue weighted by Crippen LogP contribution is -2.57. The van der Waals surface area contributed by atoms with Gasteiger partial charge >= 0.3 is 11.9 Å². The van der Waals surface area contributed by atoms with E-state index in [1.165, 1.54) is 18.9 Å². The summed E-state index contributed by atoms with van der Waals surface area (Å²) in [6.45, 7) is 1.91. The first-order valence-electron chi connectivity index (χ1n) is 7.60. The summed E-state index contributed by atoms with van der Waals surface area (Å²) in [4.78, 5) is 23.8. The Morgan fingerprint density at radius 2 is 2.00 bits per heavy atom. The minimum absolute atomic E-state index is 0. The van der Waals surface area contributed by atoms with Crippen molar-refractivity contribution >= 4 is 24.0 Å². The van der Waals surface area contributed by atoms with Crippen LogP contribution in [0.25, 0.3) is 0 Å². The number of piperazine rings is 1. The van der Waals surface area contributed by atoms with Crippen molar-refractivity contribution in [3.8, 4) is 0 Å². The number of halogens is 4. The highest BCUT2D eigenvalue weighted by Crippen LogP contribution is 2.26. The first-order valence-corrected chi connectivity index (χ1v) is 7.60. The maximum Gasteiger partial charge on any atom is 0.405 e. The first-order chi connectivity index (χ1) is 11.6. The van der Waals surface area contributed by atoms with E-state index < -0.39 is 35.3 Å². The van der Waals surface area contributed by atoms with Gasteiger partial charge in [-0.3, -0.25) is 24.5 Å². The van der Waals surface area contributed by atoms with Crippen molar-refractivity contribution in [2.24, 2.45) is 7.05 Å². The Kier molecular flexibility index (Phi) is 7.35. The number of nitrogens with zero attached hydrogens (tertiary/aromatic N) is 4. The van der Waals surface area contributed by atoms with Crippen LogP contribution in [-0.4, -0.2) is 70.5 Å². The van der Waals surface area contributed by atoms with Gasteiger partial charge in [-0.2, -0.15) is 18.3 Å². The molecule has 1 aliphatic heterocycles. The topological polar surface area (TPSA) is 105 Å². The van der Waals surface area contributed by atoms with Gasteiger partial charge in [-0.1, -0.05) is 0 Å². The number of hydrogen-bond acceptors (Lipinski definition) is 6. The molecule has 1 aromatic rings. The van der Waals surface area contributed by atoms with Crippen molar-refractivity contribution < 1.29 is 22.9 Å². The predicted molar refractivity (Wildman–Crippen MR) is 88.5 cm³/mol. The van der Waals surface area contributed by atoms with Gasteiger partial charge < -0.3 is 10.6 Å². The van der Waals surface area contributed by atoms with Crippen molar-refractivity contribution in [1.29, 1.82) is 0 Å². The standard InChI is InChI=1S/C13H19F3N6O3.ClH/c1-8-10(22(24)25)11(20(2)19-8)12(23)18-7-9(13(14,15)16)21-5-3-17-4-6-21;/h9,17H,3-7H2,1-2H3,(H,18,23);1H. The van der Waals surface area contributed by atoms with E-state index in [-0.39, 0.29) is 36.9 Å². The van der Waals surface area contributed by atoms with Gasteiger partial charge in [0.25, 0.3) is 5.91 Å². The molecule has 26 heavy (non-hydrogen) atoms. The van der Waals surface area contributed by atoms with Gasteiger partial charge in [-0.05, 0) is 6.92 Å². The summed E-state index contributed by atoms with van der Waals surface area (Å²) in [6.07, 6.45) is -4.53. The van der Waals surface area contributed by atoms with E-state index >= 15 is 0 Å². The second-order valence-corrected chi connectivity index (χ2v) is 5.72. The summed E-state index contributed by atoms with van der Waals surface area (Å²) >= 11 is 0. The quantitative estimate of drug-likeness (QED) is 0.554. The highest BCUT2D eigenvalue weighted by atomic mass is 35.5. The van der Waals surface area contributed by atoms with Crippen molar-refractivity contribution in [1.82, 2.24) is 25.3 Å². The monoisotopic (exact) mass is 400 g/mol. The van der Waals surface area contributed by atoms with E-state index in [4.69, 9.17) is 0 Å². The molecule has 2 heterocycles. The summed E-state index contributed by atoms with van der Waals surface area (Å²) in [6, 6.07) is -1.85. The van der Waals surface area contributed by atoms with E-state index in [0.717, 1.165) is 4.68 Å². The van der Waals surface area contributed by atoms with Crippen LogP contribution in [0.1, 0.15) is 16.2 Å². The maximum absolute atomic E-state index is 13.3. The lowest BCUT2D eigenvalue weighted by Gasteiger charge is -2.35. The molecule has 2 rings (SSSR count). The molecular weight excluding hydrogens is 381 g/mol. The predicted octanol–water partition coefficient (Wildman–Crippen LogP) is 0.624.